The van der Waals surface area contributed by atoms with Crippen molar-refractivity contribution in [1.82, 2.24) is 14.7 Å². The highest BCUT2D eigenvalue weighted by Gasteiger charge is 2.22. The van der Waals surface area contributed by atoms with Crippen molar-refractivity contribution >= 4 is 17.9 Å². The van der Waals surface area contributed by atoms with Gasteiger partial charge in [0, 0.05) is 30.8 Å². The Labute approximate surface area is 151 Å². The molecule has 2 aliphatic heterocycles. The molecule has 0 spiro atoms. The number of aromatic nitrogens is 2. The van der Waals surface area contributed by atoms with Gasteiger partial charge in [-0.2, -0.15) is 5.10 Å². The number of benzene rings is 1. The SMILES string of the molecule is Cc1ccc(-c2cc3n(n2)C(N2CCOCC2)=CC(C(=O)O)=C=C3)cc1. The van der Waals surface area contributed by atoms with E-state index in [2.05, 4.69) is 22.8 Å². The summed E-state index contributed by atoms with van der Waals surface area (Å²) in [7, 11) is 0. The number of hydrogen-bond acceptors (Lipinski definition) is 4. The maximum atomic E-state index is 11.5. The predicted molar refractivity (Wildman–Crippen MR) is 98.2 cm³/mol. The lowest BCUT2D eigenvalue weighted by atomic mass is 10.1. The standard InChI is InChI=1S/C20H19N3O3/c1-14-2-4-15(5-3-14)18-13-17-7-6-16(20(24)25)12-19(23(17)21-18)22-8-10-26-11-9-22/h2-5,7,12-13H,8-11H2,1H3,(H,24,25). The molecule has 1 aromatic heterocycles. The minimum Gasteiger partial charge on any atom is -0.477 e. The van der Waals surface area contributed by atoms with E-state index < -0.39 is 5.97 Å². The Morgan fingerprint density at radius 3 is 2.65 bits per heavy atom. The van der Waals surface area contributed by atoms with Crippen LogP contribution < -0.4 is 0 Å². The molecule has 2 aliphatic rings. The van der Waals surface area contributed by atoms with E-state index >= 15 is 0 Å². The molecule has 0 unspecified atom stereocenters. The average molecular weight is 349 g/mol. The summed E-state index contributed by atoms with van der Waals surface area (Å²) in [5, 5.41) is 14.2. The van der Waals surface area contributed by atoms with Crippen molar-refractivity contribution < 1.29 is 14.6 Å². The summed E-state index contributed by atoms with van der Waals surface area (Å²) in [5.74, 6) is -0.267. The van der Waals surface area contributed by atoms with Crippen molar-refractivity contribution in [2.24, 2.45) is 0 Å². The number of fused-ring (bicyclic) bond motifs is 1. The molecule has 1 N–H and O–H groups in total. The average Bonchev–Trinajstić information content (AvgIpc) is 2.98. The first-order valence-corrected chi connectivity index (χ1v) is 8.54. The van der Waals surface area contributed by atoms with Crippen LogP contribution in [0.3, 0.4) is 0 Å². The molecule has 0 saturated carbocycles. The summed E-state index contributed by atoms with van der Waals surface area (Å²) >= 11 is 0. The molecule has 4 rings (SSSR count). The Kier molecular flexibility index (Phi) is 4.21. The van der Waals surface area contributed by atoms with Gasteiger partial charge in [0.1, 0.15) is 11.4 Å². The van der Waals surface area contributed by atoms with E-state index in [0.717, 1.165) is 22.8 Å². The molecule has 0 radical (unpaired) electrons. The van der Waals surface area contributed by atoms with E-state index in [4.69, 9.17) is 9.84 Å². The molecule has 0 amide bonds. The minimum atomic E-state index is -1.00. The van der Waals surface area contributed by atoms with Crippen LogP contribution in [-0.4, -0.2) is 52.1 Å². The fraction of sp³-hybridized carbons (Fsp3) is 0.250. The van der Waals surface area contributed by atoms with Gasteiger partial charge < -0.3 is 14.7 Å². The summed E-state index contributed by atoms with van der Waals surface area (Å²) in [4.78, 5) is 13.6. The van der Waals surface area contributed by atoms with Crippen LogP contribution in [0, 0.1) is 6.92 Å². The van der Waals surface area contributed by atoms with Crippen molar-refractivity contribution in [2.45, 2.75) is 6.92 Å². The van der Waals surface area contributed by atoms with Gasteiger partial charge >= 0.3 is 5.97 Å². The third kappa shape index (κ3) is 3.08. The Bertz CT molecular complexity index is 941. The summed E-state index contributed by atoms with van der Waals surface area (Å²) in [6.07, 6.45) is 3.31. The summed E-state index contributed by atoms with van der Waals surface area (Å²) in [5.41, 5.74) is 6.85. The molecule has 1 fully saturated rings. The number of hydrogen-bond donors (Lipinski definition) is 1. The normalized spacial score (nSPS) is 16.6. The van der Waals surface area contributed by atoms with Crippen molar-refractivity contribution in [2.75, 3.05) is 26.3 Å². The zero-order valence-electron chi connectivity index (χ0n) is 14.5. The molecule has 132 valence electrons. The second kappa shape index (κ2) is 6.67. The van der Waals surface area contributed by atoms with Gasteiger partial charge in [-0.1, -0.05) is 29.8 Å². The van der Waals surface area contributed by atoms with Crippen molar-refractivity contribution in [3.05, 3.63) is 59.0 Å². The van der Waals surface area contributed by atoms with Crippen LogP contribution in [0.2, 0.25) is 0 Å². The Hall–Kier alpha value is -3.08. The minimum absolute atomic E-state index is 0.119. The Morgan fingerprint density at radius 2 is 1.96 bits per heavy atom. The number of carbonyl (C=O) groups is 1. The molecule has 1 aromatic carbocycles. The zero-order chi connectivity index (χ0) is 18.1. The van der Waals surface area contributed by atoms with Crippen molar-refractivity contribution in [3.8, 4) is 11.3 Å². The fourth-order valence-electron chi connectivity index (χ4n) is 3.07. The van der Waals surface area contributed by atoms with Gasteiger partial charge in [0.05, 0.1) is 24.6 Å². The summed E-state index contributed by atoms with van der Waals surface area (Å²) in [6, 6.07) is 10.1. The second-order valence-electron chi connectivity index (χ2n) is 6.34. The number of aryl methyl sites for hydroxylation is 1. The quantitative estimate of drug-likeness (QED) is 0.863. The Morgan fingerprint density at radius 1 is 1.23 bits per heavy atom. The third-order valence-corrected chi connectivity index (χ3v) is 4.52. The lowest BCUT2D eigenvalue weighted by Gasteiger charge is -2.31. The number of carboxylic acids is 1. The molecule has 26 heavy (non-hydrogen) atoms. The van der Waals surface area contributed by atoms with Crippen LogP contribution in [-0.2, 0) is 9.53 Å². The van der Waals surface area contributed by atoms with Crippen LogP contribution in [0.1, 0.15) is 11.3 Å². The molecule has 3 heterocycles. The molecular formula is C20H19N3O3. The molecule has 2 aromatic rings. The van der Waals surface area contributed by atoms with Crippen LogP contribution in [0.5, 0.6) is 0 Å². The topological polar surface area (TPSA) is 67.6 Å². The van der Waals surface area contributed by atoms with Crippen molar-refractivity contribution in [1.29, 1.82) is 0 Å². The van der Waals surface area contributed by atoms with Gasteiger partial charge in [-0.15, -0.1) is 5.73 Å². The van der Waals surface area contributed by atoms with E-state index in [9.17, 15) is 9.90 Å². The fourth-order valence-corrected chi connectivity index (χ4v) is 3.07. The highest BCUT2D eigenvalue weighted by atomic mass is 16.5. The van der Waals surface area contributed by atoms with Crippen LogP contribution in [0.25, 0.3) is 23.2 Å². The van der Waals surface area contributed by atoms with Gasteiger partial charge in [0.2, 0.25) is 0 Å². The first-order chi connectivity index (χ1) is 12.6. The lowest BCUT2D eigenvalue weighted by Crippen LogP contribution is -2.37. The molecule has 0 aliphatic carbocycles. The summed E-state index contributed by atoms with van der Waals surface area (Å²) in [6.45, 7) is 4.65. The molecule has 6 nitrogen and oxygen atoms in total. The van der Waals surface area contributed by atoms with E-state index in [1.165, 1.54) is 5.56 Å². The number of rotatable bonds is 3. The van der Waals surface area contributed by atoms with Gasteiger partial charge in [-0.05, 0) is 13.0 Å². The van der Waals surface area contributed by atoms with E-state index in [0.29, 0.717) is 26.3 Å². The number of ether oxygens (including phenoxy) is 1. The highest BCUT2D eigenvalue weighted by molar-refractivity contribution is 5.92. The maximum Gasteiger partial charge on any atom is 0.343 e. The van der Waals surface area contributed by atoms with Crippen LogP contribution >= 0.6 is 0 Å². The largest absolute Gasteiger partial charge is 0.477 e. The molecule has 0 bridgehead atoms. The van der Waals surface area contributed by atoms with Gasteiger partial charge in [0.15, 0.2) is 0 Å². The van der Waals surface area contributed by atoms with E-state index in [1.807, 2.05) is 25.1 Å². The van der Waals surface area contributed by atoms with Gasteiger partial charge in [-0.25, -0.2) is 9.48 Å². The summed E-state index contributed by atoms with van der Waals surface area (Å²) < 4.78 is 7.22. The smallest absolute Gasteiger partial charge is 0.343 e. The first kappa shape index (κ1) is 16.4. The highest BCUT2D eigenvalue weighted by Crippen LogP contribution is 2.26. The number of morpholine rings is 1. The molecular weight excluding hydrogens is 330 g/mol. The molecule has 0 atom stereocenters. The van der Waals surface area contributed by atoms with E-state index in [1.54, 1.807) is 16.8 Å². The van der Waals surface area contributed by atoms with Crippen LogP contribution in [0.4, 0.5) is 0 Å². The second-order valence-corrected chi connectivity index (χ2v) is 6.34. The Balaban J connectivity index is 1.81. The van der Waals surface area contributed by atoms with Crippen LogP contribution in [0.15, 0.2) is 47.7 Å². The first-order valence-electron chi connectivity index (χ1n) is 8.54. The maximum absolute atomic E-state index is 11.5. The number of nitrogens with zero attached hydrogens (tertiary/aromatic N) is 3. The van der Waals surface area contributed by atoms with Crippen molar-refractivity contribution in [3.63, 3.8) is 0 Å². The molecule has 1 saturated heterocycles. The molecule has 6 heteroatoms. The number of aliphatic carboxylic acids is 1. The van der Waals surface area contributed by atoms with E-state index in [-0.39, 0.29) is 5.57 Å². The predicted octanol–water partition coefficient (Wildman–Crippen LogP) is 2.63. The lowest BCUT2D eigenvalue weighted by molar-refractivity contribution is -0.132. The zero-order valence-corrected chi connectivity index (χ0v) is 14.5. The monoisotopic (exact) mass is 349 g/mol. The third-order valence-electron chi connectivity index (χ3n) is 4.52. The number of carboxylic acid groups (broad SMARTS) is 1. The van der Waals surface area contributed by atoms with Gasteiger partial charge in [-0.3, -0.25) is 0 Å². The van der Waals surface area contributed by atoms with Gasteiger partial charge in [0.25, 0.3) is 0 Å².